The minimum Gasteiger partial charge on any atom is -0.414 e. The summed E-state index contributed by atoms with van der Waals surface area (Å²) in [5, 5.41) is 0. The van der Waals surface area contributed by atoms with Gasteiger partial charge >= 0.3 is 0 Å². The summed E-state index contributed by atoms with van der Waals surface area (Å²) in [6, 6.07) is 9.41. The van der Waals surface area contributed by atoms with E-state index in [0.29, 0.717) is 0 Å². The van der Waals surface area contributed by atoms with Gasteiger partial charge in [0, 0.05) is 0 Å². The van der Waals surface area contributed by atoms with Crippen LogP contribution in [-0.4, -0.2) is 8.42 Å². The van der Waals surface area contributed by atoms with Gasteiger partial charge in [0.05, 0.1) is 4.90 Å². The van der Waals surface area contributed by atoms with Gasteiger partial charge in [0.2, 0.25) is 0 Å². The minimum atomic E-state index is -2.26. The Labute approximate surface area is 124 Å². The Morgan fingerprint density at radius 1 is 0.857 bits per heavy atom. The van der Waals surface area contributed by atoms with Gasteiger partial charge in [-0.1, -0.05) is 0 Å². The fourth-order valence-electron chi connectivity index (χ4n) is 1.23. The summed E-state index contributed by atoms with van der Waals surface area (Å²) >= 11 is -4.30. The molecule has 0 fully saturated rings. The maximum atomic E-state index is 12.7. The van der Waals surface area contributed by atoms with Crippen molar-refractivity contribution in [3.05, 3.63) is 65.1 Å². The molecule has 2 aromatic carbocycles. The van der Waals surface area contributed by atoms with E-state index in [1.54, 1.807) is 0 Å². The second kappa shape index (κ2) is 7.36. The quantitative estimate of drug-likeness (QED) is 0.763. The highest BCUT2D eigenvalue weighted by molar-refractivity contribution is 7.85. The van der Waals surface area contributed by atoms with Crippen molar-refractivity contribution in [2.24, 2.45) is 0 Å². The van der Waals surface area contributed by atoms with Gasteiger partial charge in [-0.05, 0) is 48.5 Å². The Morgan fingerprint density at radius 2 is 1.38 bits per heavy atom. The summed E-state index contributed by atoms with van der Waals surface area (Å²) in [7, 11) is 0. The largest absolute Gasteiger partial charge is 0.414 e. The highest BCUT2D eigenvalue weighted by Gasteiger charge is 2.02. The first-order valence-corrected chi connectivity index (χ1v) is 7.57. The number of nitrogens with zero attached hydrogens (tertiary/aromatic N) is 1. The lowest BCUT2D eigenvalue weighted by Gasteiger charge is -2.18. The Morgan fingerprint density at radius 3 is 1.95 bits per heavy atom. The molecule has 0 radical (unpaired) electrons. The second-order valence-electron chi connectivity index (χ2n) is 3.59. The molecule has 2 atom stereocenters. The molecule has 0 N–H and O–H groups in total. The number of halogens is 2. The predicted octanol–water partition coefficient (Wildman–Crippen LogP) is 2.95. The molecule has 0 bridgehead atoms. The molecule has 0 aliphatic carbocycles. The van der Waals surface area contributed by atoms with E-state index >= 15 is 0 Å². The van der Waals surface area contributed by atoms with E-state index in [1.165, 1.54) is 24.3 Å². The number of hydrogen-bond acceptors (Lipinski definition) is 4. The van der Waals surface area contributed by atoms with Crippen molar-refractivity contribution in [2.45, 2.75) is 4.90 Å². The van der Waals surface area contributed by atoms with Gasteiger partial charge in [-0.15, -0.1) is 0 Å². The van der Waals surface area contributed by atoms with E-state index in [9.17, 15) is 17.2 Å². The average Bonchev–Trinajstić information content (AvgIpc) is 2.48. The minimum absolute atomic E-state index is 0.106. The topological polar surface area (TPSA) is 66.7 Å². The number of rotatable bonds is 6. The number of benzene rings is 2. The first-order valence-electron chi connectivity index (χ1n) is 5.46. The molecule has 0 saturated carbocycles. The summed E-state index contributed by atoms with van der Waals surface area (Å²) in [4.78, 5) is 3.25. The zero-order chi connectivity index (χ0) is 15.2. The maximum Gasteiger partial charge on any atom is 0.172 e. The molecule has 0 spiro atoms. The first-order chi connectivity index (χ1) is 10.0. The van der Waals surface area contributed by atoms with Gasteiger partial charge in [-0.25, -0.2) is 17.2 Å². The Balaban J connectivity index is 1.84. The molecule has 0 amide bonds. The van der Waals surface area contributed by atoms with Crippen molar-refractivity contribution in [2.75, 3.05) is 0 Å². The fraction of sp³-hybridized carbons (Fsp3) is 0. The molecule has 0 aliphatic heterocycles. The van der Waals surface area contributed by atoms with Crippen LogP contribution < -0.4 is 4.18 Å². The van der Waals surface area contributed by atoms with Crippen molar-refractivity contribution >= 4 is 22.3 Å². The SMILES string of the molecule is O=S([N-]OS(=O)c1ccc(F)cc1)Oc1ccc(F)cc1. The van der Waals surface area contributed by atoms with Crippen molar-refractivity contribution in [3.63, 3.8) is 0 Å². The van der Waals surface area contributed by atoms with Crippen LogP contribution in [0.25, 0.3) is 4.89 Å². The molecule has 2 unspecified atom stereocenters. The average molecular weight is 332 g/mol. The van der Waals surface area contributed by atoms with Crippen LogP contribution in [0.3, 0.4) is 0 Å². The van der Waals surface area contributed by atoms with E-state index in [1.807, 2.05) is 0 Å². The normalized spacial score (nSPS) is 13.6. The van der Waals surface area contributed by atoms with Crippen LogP contribution in [0.4, 0.5) is 8.78 Å². The summed E-state index contributed by atoms with van der Waals surface area (Å²) in [5.74, 6) is -0.857. The van der Waals surface area contributed by atoms with Gasteiger partial charge in [0.1, 0.15) is 28.7 Å². The third-order valence-electron chi connectivity index (χ3n) is 2.15. The Hall–Kier alpha value is -1.68. The van der Waals surface area contributed by atoms with Crippen LogP contribution in [0.5, 0.6) is 5.75 Å². The summed E-state index contributed by atoms with van der Waals surface area (Å²) in [6.07, 6.45) is 0. The zero-order valence-electron chi connectivity index (χ0n) is 10.3. The van der Waals surface area contributed by atoms with E-state index in [2.05, 4.69) is 9.17 Å². The third-order valence-corrected chi connectivity index (χ3v) is 3.64. The van der Waals surface area contributed by atoms with Crippen molar-refractivity contribution in [1.82, 2.24) is 0 Å². The van der Waals surface area contributed by atoms with Gasteiger partial charge < -0.3 is 13.4 Å². The molecule has 0 heterocycles. The van der Waals surface area contributed by atoms with E-state index in [-0.39, 0.29) is 10.6 Å². The summed E-state index contributed by atoms with van der Waals surface area (Å²) in [6.45, 7) is 0. The summed E-state index contributed by atoms with van der Waals surface area (Å²) in [5.41, 5.74) is 0. The molecule has 0 aromatic heterocycles. The van der Waals surface area contributed by atoms with Gasteiger partial charge in [0.25, 0.3) is 0 Å². The van der Waals surface area contributed by atoms with E-state index < -0.39 is 34.0 Å². The second-order valence-corrected chi connectivity index (χ2v) is 5.43. The van der Waals surface area contributed by atoms with Crippen LogP contribution in [0, 0.1) is 11.6 Å². The molecular weight excluding hydrogens is 324 g/mol. The summed E-state index contributed by atoms with van der Waals surface area (Å²) < 4.78 is 57.6. The monoisotopic (exact) mass is 332 g/mol. The molecule has 0 aliphatic rings. The van der Waals surface area contributed by atoms with Crippen LogP contribution >= 0.6 is 0 Å². The standard InChI is InChI=1S/C12H8F2NO4S2/c13-9-1-5-11(6-2-9)18-21(17)15-19-20(16)12-7-3-10(14)4-8-12/h1-8H/q-1. The number of hydrogen-bond donors (Lipinski definition) is 0. The van der Waals surface area contributed by atoms with Crippen LogP contribution in [0.15, 0.2) is 53.4 Å². The Kier molecular flexibility index (Phi) is 5.51. The highest BCUT2D eigenvalue weighted by Crippen LogP contribution is 2.16. The third kappa shape index (κ3) is 4.97. The van der Waals surface area contributed by atoms with Crippen LogP contribution in [0.1, 0.15) is 0 Å². The van der Waals surface area contributed by atoms with Gasteiger partial charge in [0.15, 0.2) is 11.1 Å². The maximum absolute atomic E-state index is 12.7. The zero-order valence-corrected chi connectivity index (χ0v) is 11.9. The first kappa shape index (κ1) is 15.7. The molecular formula is C12H8F2NO4S2-. The molecule has 0 saturated heterocycles. The van der Waals surface area contributed by atoms with Gasteiger partial charge in [-0.2, -0.15) is 0 Å². The predicted molar refractivity (Wildman–Crippen MR) is 72.4 cm³/mol. The molecule has 9 heteroatoms. The van der Waals surface area contributed by atoms with Gasteiger partial charge in [-0.3, -0.25) is 0 Å². The lowest BCUT2D eigenvalue weighted by molar-refractivity contribution is 0.470. The molecule has 112 valence electrons. The molecule has 21 heavy (non-hydrogen) atoms. The van der Waals surface area contributed by atoms with Crippen LogP contribution in [-0.2, 0) is 26.6 Å². The van der Waals surface area contributed by atoms with E-state index in [4.69, 9.17) is 4.18 Å². The molecule has 5 nitrogen and oxygen atoms in total. The fourth-order valence-corrected chi connectivity index (χ4v) is 2.40. The molecule has 2 rings (SSSR count). The van der Waals surface area contributed by atoms with Crippen LogP contribution in [0.2, 0.25) is 0 Å². The van der Waals surface area contributed by atoms with Crippen molar-refractivity contribution in [3.8, 4) is 5.75 Å². The Bertz CT molecular complexity index is 649. The molecule has 2 aromatic rings. The lowest BCUT2D eigenvalue weighted by atomic mass is 10.3. The smallest absolute Gasteiger partial charge is 0.172 e. The van der Waals surface area contributed by atoms with E-state index in [0.717, 1.165) is 24.3 Å². The van der Waals surface area contributed by atoms with Crippen molar-refractivity contribution in [1.29, 1.82) is 0 Å². The highest BCUT2D eigenvalue weighted by atomic mass is 32.2. The lowest BCUT2D eigenvalue weighted by Crippen LogP contribution is -2.02. The van der Waals surface area contributed by atoms with Crippen molar-refractivity contribution < 1.29 is 25.7 Å².